The lowest BCUT2D eigenvalue weighted by molar-refractivity contribution is -0.0750. The van der Waals surface area contributed by atoms with E-state index >= 15 is 0 Å². The molecule has 2 fully saturated rings. The molecule has 2 aliphatic rings. The van der Waals surface area contributed by atoms with Crippen molar-refractivity contribution in [2.45, 2.75) is 32.4 Å². The molecule has 1 saturated carbocycles. The Morgan fingerprint density at radius 1 is 1.39 bits per heavy atom. The topological polar surface area (TPSA) is 61.8 Å². The molecule has 23 heavy (non-hydrogen) atoms. The van der Waals surface area contributed by atoms with E-state index in [9.17, 15) is 14.3 Å². The Labute approximate surface area is 135 Å². The summed E-state index contributed by atoms with van der Waals surface area (Å²) in [5.41, 5.74) is 0.188. The van der Waals surface area contributed by atoms with Crippen LogP contribution in [0.4, 0.5) is 4.39 Å². The number of nitrogens with one attached hydrogen (secondary N) is 1. The molecule has 0 radical (unpaired) electrons. The number of carbonyl (C=O) groups excluding carboxylic acids is 1. The van der Waals surface area contributed by atoms with Gasteiger partial charge in [0.25, 0.3) is 5.91 Å². The van der Waals surface area contributed by atoms with Crippen LogP contribution in [-0.4, -0.2) is 54.3 Å². The van der Waals surface area contributed by atoms with E-state index in [1.807, 2.05) is 0 Å². The number of carbonyl (C=O) groups is 1. The largest absolute Gasteiger partial charge is 0.505 e. The van der Waals surface area contributed by atoms with Crippen LogP contribution in [0.2, 0.25) is 0 Å². The summed E-state index contributed by atoms with van der Waals surface area (Å²) in [4.78, 5) is 14.7. The van der Waals surface area contributed by atoms with Crippen LogP contribution in [-0.2, 0) is 4.74 Å². The summed E-state index contributed by atoms with van der Waals surface area (Å²) in [5, 5.41) is 12.2. The van der Waals surface area contributed by atoms with Crippen molar-refractivity contribution >= 4 is 5.91 Å². The number of rotatable bonds is 3. The minimum absolute atomic E-state index is 0.0392. The lowest BCUT2D eigenvalue weighted by atomic mass is 9.62. The highest BCUT2D eigenvalue weighted by Gasteiger charge is 2.51. The lowest BCUT2D eigenvalue weighted by Crippen LogP contribution is -2.67. The van der Waals surface area contributed by atoms with E-state index in [2.05, 4.69) is 24.1 Å². The Hall–Kier alpha value is -1.66. The van der Waals surface area contributed by atoms with E-state index in [4.69, 9.17) is 4.74 Å². The summed E-state index contributed by atoms with van der Waals surface area (Å²) in [7, 11) is 0. The molecule has 1 saturated heterocycles. The van der Waals surface area contributed by atoms with Crippen LogP contribution in [0.25, 0.3) is 0 Å². The molecule has 2 unspecified atom stereocenters. The normalized spacial score (nSPS) is 27.3. The van der Waals surface area contributed by atoms with E-state index in [1.54, 1.807) is 0 Å². The molecule has 0 bridgehead atoms. The highest BCUT2D eigenvalue weighted by atomic mass is 19.1. The second-order valence-electron chi connectivity index (χ2n) is 6.91. The number of nitrogens with zero attached hydrogens (tertiary/aromatic N) is 1. The number of benzene rings is 1. The average Bonchev–Trinajstić information content (AvgIpc) is 2.54. The van der Waals surface area contributed by atoms with Gasteiger partial charge < -0.3 is 15.2 Å². The molecule has 0 aromatic heterocycles. The van der Waals surface area contributed by atoms with E-state index in [0.717, 1.165) is 38.8 Å². The molecule has 1 aliphatic carbocycles. The van der Waals surface area contributed by atoms with E-state index < -0.39 is 11.6 Å². The Morgan fingerprint density at radius 2 is 2.09 bits per heavy atom. The number of halogens is 1. The third-order valence-electron chi connectivity index (χ3n) is 5.22. The van der Waals surface area contributed by atoms with Gasteiger partial charge in [-0.05, 0) is 24.6 Å². The maximum atomic E-state index is 13.4. The molecule has 5 nitrogen and oxygen atoms in total. The van der Waals surface area contributed by atoms with E-state index in [1.165, 1.54) is 12.1 Å². The van der Waals surface area contributed by atoms with Gasteiger partial charge in [-0.15, -0.1) is 0 Å². The molecule has 2 N–H and O–H groups in total. The van der Waals surface area contributed by atoms with Gasteiger partial charge in [-0.2, -0.15) is 0 Å². The summed E-state index contributed by atoms with van der Waals surface area (Å²) < 4.78 is 18.8. The maximum absolute atomic E-state index is 13.4. The van der Waals surface area contributed by atoms with Crippen molar-refractivity contribution in [3.63, 3.8) is 0 Å². The van der Waals surface area contributed by atoms with Crippen molar-refractivity contribution in [3.8, 4) is 5.75 Å². The van der Waals surface area contributed by atoms with Crippen LogP contribution >= 0.6 is 0 Å². The molecule has 0 spiro atoms. The Balaban J connectivity index is 1.62. The quantitative estimate of drug-likeness (QED) is 0.890. The SMILES string of the molecule is CC1(C)C(NC(=O)c2ccc(O)c(F)c2)CC1N1CCOCC1. The predicted octanol–water partition coefficient (Wildman–Crippen LogP) is 1.76. The van der Waals surface area contributed by atoms with Crippen LogP contribution in [0.3, 0.4) is 0 Å². The summed E-state index contributed by atoms with van der Waals surface area (Å²) >= 11 is 0. The maximum Gasteiger partial charge on any atom is 0.251 e. The van der Waals surface area contributed by atoms with Gasteiger partial charge in [-0.25, -0.2) is 4.39 Å². The van der Waals surface area contributed by atoms with Crippen molar-refractivity contribution in [1.29, 1.82) is 0 Å². The number of aromatic hydroxyl groups is 1. The molecular weight excluding hydrogens is 299 g/mol. The molecule has 1 amide bonds. The first-order valence-electron chi connectivity index (χ1n) is 8.01. The molecular formula is C17H23FN2O3. The zero-order chi connectivity index (χ0) is 16.6. The van der Waals surface area contributed by atoms with E-state index in [0.29, 0.717) is 6.04 Å². The van der Waals surface area contributed by atoms with E-state index in [-0.39, 0.29) is 22.9 Å². The number of ether oxygens (including phenoxy) is 1. The molecule has 2 atom stereocenters. The standard InChI is InChI=1S/C17H23FN2O3/c1-17(2)14(10-15(17)20-5-7-23-8-6-20)19-16(22)11-3-4-13(21)12(18)9-11/h3-4,9,14-15,21H,5-8,10H2,1-2H3,(H,19,22). The number of amides is 1. The first-order valence-corrected chi connectivity index (χ1v) is 8.01. The van der Waals surface area contributed by atoms with Gasteiger partial charge in [-0.3, -0.25) is 9.69 Å². The first kappa shape index (κ1) is 16.2. The Morgan fingerprint density at radius 3 is 2.70 bits per heavy atom. The monoisotopic (exact) mass is 322 g/mol. The minimum atomic E-state index is -0.781. The Kier molecular flexibility index (Phi) is 4.29. The molecule has 3 rings (SSSR count). The average molecular weight is 322 g/mol. The van der Waals surface area contributed by atoms with Crippen LogP contribution in [0.1, 0.15) is 30.6 Å². The lowest BCUT2D eigenvalue weighted by Gasteiger charge is -2.57. The molecule has 1 aromatic rings. The van der Waals surface area contributed by atoms with Crippen LogP contribution < -0.4 is 5.32 Å². The predicted molar refractivity (Wildman–Crippen MR) is 83.9 cm³/mol. The fourth-order valence-corrected chi connectivity index (χ4v) is 3.55. The van der Waals surface area contributed by atoms with Crippen molar-refractivity contribution in [2.24, 2.45) is 5.41 Å². The summed E-state index contributed by atoms with van der Waals surface area (Å²) in [6.45, 7) is 7.68. The highest BCUT2D eigenvalue weighted by molar-refractivity contribution is 5.94. The third-order valence-corrected chi connectivity index (χ3v) is 5.22. The van der Waals surface area contributed by atoms with Gasteiger partial charge in [0.15, 0.2) is 11.6 Å². The molecule has 6 heteroatoms. The third kappa shape index (κ3) is 3.05. The zero-order valence-electron chi connectivity index (χ0n) is 13.5. The van der Waals surface area contributed by atoms with Crippen LogP contribution in [0.5, 0.6) is 5.75 Å². The van der Waals surface area contributed by atoms with Gasteiger partial charge in [0, 0.05) is 36.2 Å². The van der Waals surface area contributed by atoms with Gasteiger partial charge in [0.05, 0.1) is 13.2 Å². The summed E-state index contributed by atoms with van der Waals surface area (Å²) in [6.07, 6.45) is 0.888. The van der Waals surface area contributed by atoms with Crippen LogP contribution in [0.15, 0.2) is 18.2 Å². The van der Waals surface area contributed by atoms with Gasteiger partial charge in [-0.1, -0.05) is 13.8 Å². The van der Waals surface area contributed by atoms with Crippen molar-refractivity contribution in [3.05, 3.63) is 29.6 Å². The number of phenolic OH excluding ortho intramolecular Hbond substituents is 1. The smallest absolute Gasteiger partial charge is 0.251 e. The molecule has 1 aromatic carbocycles. The van der Waals surface area contributed by atoms with Crippen molar-refractivity contribution in [2.75, 3.05) is 26.3 Å². The summed E-state index contributed by atoms with van der Waals surface area (Å²) in [5.74, 6) is -1.53. The first-order chi connectivity index (χ1) is 10.9. The number of morpholine rings is 1. The van der Waals surface area contributed by atoms with Gasteiger partial charge >= 0.3 is 0 Å². The van der Waals surface area contributed by atoms with Crippen molar-refractivity contribution in [1.82, 2.24) is 10.2 Å². The molecule has 126 valence electrons. The number of hydrogen-bond donors (Lipinski definition) is 2. The number of phenols is 1. The van der Waals surface area contributed by atoms with Gasteiger partial charge in [0.2, 0.25) is 0 Å². The Bertz CT molecular complexity index is 600. The molecule has 1 heterocycles. The zero-order valence-corrected chi connectivity index (χ0v) is 13.5. The number of hydrogen-bond acceptors (Lipinski definition) is 4. The summed E-state index contributed by atoms with van der Waals surface area (Å²) in [6, 6.07) is 4.18. The fourth-order valence-electron chi connectivity index (χ4n) is 3.55. The molecule has 1 aliphatic heterocycles. The fraction of sp³-hybridized carbons (Fsp3) is 0.588. The van der Waals surface area contributed by atoms with Crippen molar-refractivity contribution < 1.29 is 19.0 Å². The second kappa shape index (κ2) is 6.09. The second-order valence-corrected chi connectivity index (χ2v) is 6.91. The van der Waals surface area contributed by atoms with Crippen LogP contribution in [0, 0.1) is 11.2 Å². The minimum Gasteiger partial charge on any atom is -0.505 e. The highest BCUT2D eigenvalue weighted by Crippen LogP contribution is 2.44. The van der Waals surface area contributed by atoms with Gasteiger partial charge in [0.1, 0.15) is 0 Å².